The molecule has 0 bridgehead atoms. The van der Waals surface area contributed by atoms with Crippen molar-refractivity contribution in [2.45, 2.75) is 53.0 Å². The zero-order valence-electron chi connectivity index (χ0n) is 22.0. The summed E-state index contributed by atoms with van der Waals surface area (Å²) in [5, 5.41) is 11.3. The van der Waals surface area contributed by atoms with Crippen LogP contribution in [0, 0.1) is 20.8 Å². The fourth-order valence-electron chi connectivity index (χ4n) is 5.22. The van der Waals surface area contributed by atoms with E-state index in [1.165, 1.54) is 5.56 Å². The Morgan fingerprint density at radius 1 is 1.05 bits per heavy atom. The number of aryl methyl sites for hydroxylation is 2. The molecule has 1 amide bonds. The largest absolute Gasteiger partial charge is 0.481 e. The SMILES string of the molecule is CCN(N)c1ccc(C(CC(=O)O)c2ccc3c(c2)CN(C(=O)c2cc(C)ccc2C)CC3)c(C)c1N. The third kappa shape index (κ3) is 5.32. The molecule has 0 spiro atoms. The number of rotatable bonds is 7. The van der Waals surface area contributed by atoms with Crippen molar-refractivity contribution < 1.29 is 14.7 Å². The van der Waals surface area contributed by atoms with Crippen LogP contribution in [0.25, 0.3) is 0 Å². The quantitative estimate of drug-likeness (QED) is 0.246. The molecule has 3 aromatic carbocycles. The molecule has 4 rings (SSSR count). The highest BCUT2D eigenvalue weighted by Crippen LogP contribution is 2.37. The first kappa shape index (κ1) is 26.2. The lowest BCUT2D eigenvalue weighted by molar-refractivity contribution is -0.137. The Hall–Kier alpha value is -3.84. The normalized spacial score (nSPS) is 13.7. The number of hydrogen-bond acceptors (Lipinski definition) is 5. The number of nitrogens with zero attached hydrogens (tertiary/aromatic N) is 2. The first-order valence-corrected chi connectivity index (χ1v) is 12.7. The van der Waals surface area contributed by atoms with Gasteiger partial charge in [-0.2, -0.15) is 0 Å². The first-order chi connectivity index (χ1) is 17.6. The second-order valence-electron chi connectivity index (χ2n) is 9.97. The van der Waals surface area contributed by atoms with E-state index in [4.69, 9.17) is 11.6 Å². The summed E-state index contributed by atoms with van der Waals surface area (Å²) in [6, 6.07) is 15.9. The van der Waals surface area contributed by atoms with Crippen LogP contribution >= 0.6 is 0 Å². The van der Waals surface area contributed by atoms with E-state index in [-0.39, 0.29) is 18.2 Å². The molecule has 0 fully saturated rings. The van der Waals surface area contributed by atoms with Crippen LogP contribution in [-0.2, 0) is 17.8 Å². The topological polar surface area (TPSA) is 113 Å². The van der Waals surface area contributed by atoms with Gasteiger partial charge in [0.1, 0.15) is 0 Å². The van der Waals surface area contributed by atoms with Gasteiger partial charge in [-0.1, -0.05) is 42.0 Å². The van der Waals surface area contributed by atoms with Crippen molar-refractivity contribution in [1.29, 1.82) is 0 Å². The summed E-state index contributed by atoms with van der Waals surface area (Å²) in [5.74, 6) is 4.85. The summed E-state index contributed by atoms with van der Waals surface area (Å²) in [7, 11) is 0. The van der Waals surface area contributed by atoms with Gasteiger partial charge < -0.3 is 20.7 Å². The smallest absolute Gasteiger partial charge is 0.304 e. The van der Waals surface area contributed by atoms with Gasteiger partial charge in [-0.25, -0.2) is 5.84 Å². The number of aliphatic carboxylic acids is 1. The predicted octanol–water partition coefficient (Wildman–Crippen LogP) is 4.70. The Labute approximate surface area is 218 Å². The van der Waals surface area contributed by atoms with E-state index < -0.39 is 5.97 Å². The number of hydrogen-bond donors (Lipinski definition) is 3. The highest BCUT2D eigenvalue weighted by Gasteiger charge is 2.26. The van der Waals surface area contributed by atoms with E-state index in [1.807, 2.05) is 69.0 Å². The molecule has 1 aliphatic rings. The second-order valence-corrected chi connectivity index (χ2v) is 9.97. The number of carboxylic acid groups (broad SMARTS) is 1. The summed E-state index contributed by atoms with van der Waals surface area (Å²) in [4.78, 5) is 27.2. The van der Waals surface area contributed by atoms with Crippen molar-refractivity contribution >= 4 is 23.3 Å². The number of amides is 1. The maximum absolute atomic E-state index is 13.4. The lowest BCUT2D eigenvalue weighted by Gasteiger charge is -2.31. The lowest BCUT2D eigenvalue weighted by atomic mass is 9.83. The summed E-state index contributed by atoms with van der Waals surface area (Å²) in [5.41, 5.74) is 15.3. The van der Waals surface area contributed by atoms with Gasteiger partial charge in [-0.3, -0.25) is 9.59 Å². The Morgan fingerprint density at radius 3 is 2.51 bits per heavy atom. The van der Waals surface area contributed by atoms with Gasteiger partial charge >= 0.3 is 5.97 Å². The molecule has 1 atom stereocenters. The molecule has 0 aromatic heterocycles. The maximum atomic E-state index is 13.4. The third-order valence-corrected chi connectivity index (χ3v) is 7.49. The molecule has 194 valence electrons. The summed E-state index contributed by atoms with van der Waals surface area (Å²) >= 11 is 0. The fraction of sp³-hybridized carbons (Fsp3) is 0.333. The molecule has 37 heavy (non-hydrogen) atoms. The molecule has 0 saturated carbocycles. The van der Waals surface area contributed by atoms with Gasteiger partial charge in [0.2, 0.25) is 0 Å². The van der Waals surface area contributed by atoms with Crippen molar-refractivity contribution in [3.05, 3.63) is 93.0 Å². The Bertz CT molecular complexity index is 1350. The van der Waals surface area contributed by atoms with Gasteiger partial charge in [0, 0.05) is 31.1 Å². The molecule has 0 radical (unpaired) electrons. The number of anilines is 2. The summed E-state index contributed by atoms with van der Waals surface area (Å²) < 4.78 is 0. The fourth-order valence-corrected chi connectivity index (χ4v) is 5.22. The van der Waals surface area contributed by atoms with Crippen LogP contribution in [0.3, 0.4) is 0 Å². The Morgan fingerprint density at radius 2 is 1.81 bits per heavy atom. The molecule has 0 aliphatic carbocycles. The average molecular weight is 501 g/mol. The van der Waals surface area contributed by atoms with Crippen molar-refractivity contribution in [3.63, 3.8) is 0 Å². The number of hydrazine groups is 1. The van der Waals surface area contributed by atoms with Crippen LogP contribution in [0.4, 0.5) is 11.4 Å². The molecule has 3 aromatic rings. The Kier molecular flexibility index (Phi) is 7.55. The Balaban J connectivity index is 1.69. The van der Waals surface area contributed by atoms with Crippen LogP contribution < -0.4 is 16.6 Å². The number of fused-ring (bicyclic) bond motifs is 1. The summed E-state index contributed by atoms with van der Waals surface area (Å²) in [6.07, 6.45) is 0.698. The standard InChI is InChI=1S/C30H36N4O3/c1-5-34(32)27-11-10-24(20(4)29(27)31)26(16-28(35)36)22-9-8-21-12-13-33(17-23(21)15-22)30(37)25-14-18(2)6-7-19(25)3/h6-11,14-15,26H,5,12-13,16-17,31-32H2,1-4H3,(H,35,36). The van der Waals surface area contributed by atoms with Gasteiger partial charge in [0.25, 0.3) is 5.91 Å². The molecule has 7 heteroatoms. The van der Waals surface area contributed by atoms with Gasteiger partial charge in [-0.05, 0) is 79.6 Å². The van der Waals surface area contributed by atoms with Crippen LogP contribution in [-0.4, -0.2) is 35.0 Å². The molecule has 1 heterocycles. The third-order valence-electron chi connectivity index (χ3n) is 7.49. The maximum Gasteiger partial charge on any atom is 0.304 e. The predicted molar refractivity (Wildman–Crippen MR) is 148 cm³/mol. The van der Waals surface area contributed by atoms with Crippen molar-refractivity contribution in [1.82, 2.24) is 4.90 Å². The molecule has 7 nitrogen and oxygen atoms in total. The molecule has 5 N–H and O–H groups in total. The molecule has 1 unspecified atom stereocenters. The minimum atomic E-state index is -0.884. The number of nitrogen functional groups attached to an aromatic ring is 1. The van der Waals surface area contributed by atoms with E-state index in [0.29, 0.717) is 25.3 Å². The number of carbonyl (C=O) groups is 2. The van der Waals surface area contributed by atoms with Crippen molar-refractivity contribution in [2.75, 3.05) is 23.8 Å². The van der Waals surface area contributed by atoms with E-state index in [9.17, 15) is 14.7 Å². The number of nitrogens with two attached hydrogens (primary N) is 2. The zero-order valence-corrected chi connectivity index (χ0v) is 22.0. The minimum absolute atomic E-state index is 0.0285. The van der Waals surface area contributed by atoms with Crippen LogP contribution in [0.2, 0.25) is 0 Å². The molecular weight excluding hydrogens is 464 g/mol. The second kappa shape index (κ2) is 10.6. The lowest BCUT2D eigenvalue weighted by Crippen LogP contribution is -2.36. The molecular formula is C30H36N4O3. The minimum Gasteiger partial charge on any atom is -0.481 e. The average Bonchev–Trinajstić information content (AvgIpc) is 2.88. The number of benzene rings is 3. The monoisotopic (exact) mass is 500 g/mol. The van der Waals surface area contributed by atoms with Crippen molar-refractivity contribution in [2.24, 2.45) is 5.84 Å². The first-order valence-electron chi connectivity index (χ1n) is 12.7. The van der Waals surface area contributed by atoms with E-state index in [1.54, 1.807) is 5.01 Å². The number of carboxylic acids is 1. The van der Waals surface area contributed by atoms with Crippen LogP contribution in [0.5, 0.6) is 0 Å². The highest BCUT2D eigenvalue weighted by molar-refractivity contribution is 5.96. The van der Waals surface area contributed by atoms with E-state index in [2.05, 4.69) is 12.1 Å². The number of carbonyl (C=O) groups excluding carboxylic acids is 1. The summed E-state index contributed by atoms with van der Waals surface area (Å²) in [6.45, 7) is 9.56. The molecule has 1 aliphatic heterocycles. The van der Waals surface area contributed by atoms with E-state index in [0.717, 1.165) is 51.1 Å². The van der Waals surface area contributed by atoms with Gasteiger partial charge in [0.15, 0.2) is 0 Å². The van der Waals surface area contributed by atoms with E-state index >= 15 is 0 Å². The van der Waals surface area contributed by atoms with Gasteiger partial charge in [0.05, 0.1) is 17.8 Å². The van der Waals surface area contributed by atoms with Crippen molar-refractivity contribution in [3.8, 4) is 0 Å². The molecule has 0 saturated heterocycles. The van der Waals surface area contributed by atoms with Crippen LogP contribution in [0.1, 0.15) is 68.6 Å². The van der Waals surface area contributed by atoms with Crippen LogP contribution in [0.15, 0.2) is 48.5 Å². The zero-order chi connectivity index (χ0) is 26.9. The van der Waals surface area contributed by atoms with Gasteiger partial charge in [-0.15, -0.1) is 0 Å². The highest BCUT2D eigenvalue weighted by atomic mass is 16.4.